The van der Waals surface area contributed by atoms with E-state index in [4.69, 9.17) is 11.6 Å². The van der Waals surface area contributed by atoms with Crippen LogP contribution in [0, 0.1) is 18.6 Å². The molecule has 1 atom stereocenters. The number of hydrogen-bond donors (Lipinski definition) is 2. The van der Waals surface area contributed by atoms with Crippen LogP contribution in [-0.2, 0) is 4.79 Å². The summed E-state index contributed by atoms with van der Waals surface area (Å²) in [7, 11) is 0. The lowest BCUT2D eigenvalue weighted by Crippen LogP contribution is -2.30. The summed E-state index contributed by atoms with van der Waals surface area (Å²) in [5.41, 5.74) is 0.731. The molecular weight excluding hydrogens is 400 g/mol. The van der Waals surface area contributed by atoms with Gasteiger partial charge in [0.1, 0.15) is 17.4 Å². The van der Waals surface area contributed by atoms with E-state index in [1.54, 1.807) is 24.3 Å². The molecule has 0 radical (unpaired) electrons. The Kier molecular flexibility index (Phi) is 6.08. The highest BCUT2D eigenvalue weighted by atomic mass is 35.5. The Hall–Kier alpha value is -3.06. The largest absolute Gasteiger partial charge is 0.345 e. The average Bonchev–Trinajstić information content (AvgIpc) is 3.14. The van der Waals surface area contributed by atoms with Gasteiger partial charge in [-0.25, -0.2) is 8.78 Å². The summed E-state index contributed by atoms with van der Waals surface area (Å²) in [5.74, 6) is -1.99. The Morgan fingerprint density at radius 1 is 1.21 bits per heavy atom. The van der Waals surface area contributed by atoms with E-state index in [1.807, 2.05) is 0 Å². The van der Waals surface area contributed by atoms with Crippen LogP contribution < -0.4 is 5.32 Å². The maximum absolute atomic E-state index is 14.4. The quantitative estimate of drug-likeness (QED) is 0.606. The molecule has 8 heteroatoms. The molecule has 0 aliphatic rings. The summed E-state index contributed by atoms with van der Waals surface area (Å²) in [6, 6.07) is 8.17. The van der Waals surface area contributed by atoms with E-state index in [2.05, 4.69) is 15.5 Å². The molecule has 0 unspecified atom stereocenters. The van der Waals surface area contributed by atoms with E-state index in [0.717, 1.165) is 12.1 Å². The maximum Gasteiger partial charge on any atom is 0.255 e. The number of benzene rings is 2. The second-order valence-corrected chi connectivity index (χ2v) is 7.11. The second kappa shape index (κ2) is 8.53. The molecule has 3 aromatic rings. The zero-order valence-electron chi connectivity index (χ0n) is 15.7. The molecule has 0 fully saturated rings. The molecule has 3 rings (SSSR count). The van der Waals surface area contributed by atoms with E-state index in [9.17, 15) is 18.4 Å². The molecule has 29 heavy (non-hydrogen) atoms. The van der Waals surface area contributed by atoms with Crippen molar-refractivity contribution < 1.29 is 18.4 Å². The van der Waals surface area contributed by atoms with Crippen LogP contribution in [0.25, 0.3) is 11.3 Å². The minimum Gasteiger partial charge on any atom is -0.345 e. The fourth-order valence-electron chi connectivity index (χ4n) is 3.11. The molecule has 0 spiro atoms. The van der Waals surface area contributed by atoms with Crippen molar-refractivity contribution in [2.45, 2.75) is 26.3 Å². The number of carbonyl (C=O) groups excluding carboxylic acids is 2. The first kappa shape index (κ1) is 20.7. The molecule has 2 aromatic carbocycles. The maximum atomic E-state index is 14.4. The van der Waals surface area contributed by atoms with E-state index >= 15 is 0 Å². The molecule has 5 nitrogen and oxygen atoms in total. The van der Waals surface area contributed by atoms with E-state index in [0.29, 0.717) is 10.6 Å². The molecule has 2 N–H and O–H groups in total. The number of H-pyrrole nitrogens is 1. The molecule has 0 aliphatic carbocycles. The molecule has 1 heterocycles. The van der Waals surface area contributed by atoms with Gasteiger partial charge in [0.2, 0.25) is 0 Å². The van der Waals surface area contributed by atoms with Gasteiger partial charge in [0.15, 0.2) is 0 Å². The van der Waals surface area contributed by atoms with Crippen molar-refractivity contribution in [1.29, 1.82) is 0 Å². The van der Waals surface area contributed by atoms with Gasteiger partial charge in [0, 0.05) is 17.0 Å². The summed E-state index contributed by atoms with van der Waals surface area (Å²) < 4.78 is 28.3. The highest BCUT2D eigenvalue weighted by Crippen LogP contribution is 2.30. The van der Waals surface area contributed by atoms with Gasteiger partial charge in [-0.15, -0.1) is 0 Å². The van der Waals surface area contributed by atoms with Crippen LogP contribution in [0.1, 0.15) is 40.9 Å². The SMILES string of the molecule is CC(=O)C[C@H](NC(=O)c1cn[nH]c1-c1c(F)ccc(F)c1C)c1cccc(Cl)c1. The van der Waals surface area contributed by atoms with E-state index in [1.165, 1.54) is 20.0 Å². The number of rotatable bonds is 6. The normalized spacial score (nSPS) is 11.9. The Morgan fingerprint density at radius 3 is 2.62 bits per heavy atom. The zero-order valence-corrected chi connectivity index (χ0v) is 16.5. The summed E-state index contributed by atoms with van der Waals surface area (Å²) in [6.07, 6.45) is 1.28. The number of aromatic amines is 1. The predicted octanol–water partition coefficient (Wildman–Crippen LogP) is 4.77. The number of nitrogens with zero attached hydrogens (tertiary/aromatic N) is 1. The highest BCUT2D eigenvalue weighted by Gasteiger charge is 2.24. The van der Waals surface area contributed by atoms with Crippen LogP contribution in [-0.4, -0.2) is 21.9 Å². The lowest BCUT2D eigenvalue weighted by atomic mass is 9.99. The lowest BCUT2D eigenvalue weighted by molar-refractivity contribution is -0.117. The van der Waals surface area contributed by atoms with Crippen molar-refractivity contribution in [2.75, 3.05) is 0 Å². The number of carbonyl (C=O) groups is 2. The Labute approximate surface area is 171 Å². The predicted molar refractivity (Wildman–Crippen MR) is 106 cm³/mol. The van der Waals surface area contributed by atoms with Crippen LogP contribution in [0.4, 0.5) is 8.78 Å². The molecule has 0 aliphatic heterocycles. The van der Waals surface area contributed by atoms with Crippen molar-refractivity contribution >= 4 is 23.3 Å². The molecular formula is C21H18ClF2N3O2. The number of halogens is 3. The van der Waals surface area contributed by atoms with Crippen LogP contribution >= 0.6 is 11.6 Å². The first-order chi connectivity index (χ1) is 13.8. The highest BCUT2D eigenvalue weighted by molar-refractivity contribution is 6.30. The third-order valence-corrected chi connectivity index (χ3v) is 4.77. The van der Waals surface area contributed by atoms with Crippen LogP contribution in [0.2, 0.25) is 5.02 Å². The molecule has 1 aromatic heterocycles. The number of amides is 1. The Bertz CT molecular complexity index is 1080. The van der Waals surface area contributed by atoms with Gasteiger partial charge in [-0.2, -0.15) is 5.10 Å². The minimum absolute atomic E-state index is 0.0354. The smallest absolute Gasteiger partial charge is 0.255 e. The second-order valence-electron chi connectivity index (χ2n) is 6.68. The first-order valence-electron chi connectivity index (χ1n) is 8.82. The summed E-state index contributed by atoms with van der Waals surface area (Å²) in [4.78, 5) is 24.6. The van der Waals surface area contributed by atoms with Gasteiger partial charge in [0.05, 0.1) is 23.5 Å². The van der Waals surface area contributed by atoms with Crippen molar-refractivity contribution in [3.8, 4) is 11.3 Å². The van der Waals surface area contributed by atoms with Gasteiger partial charge < -0.3 is 5.32 Å². The van der Waals surface area contributed by atoms with Gasteiger partial charge in [-0.1, -0.05) is 23.7 Å². The van der Waals surface area contributed by atoms with Gasteiger partial charge in [-0.05, 0) is 49.2 Å². The van der Waals surface area contributed by atoms with Crippen molar-refractivity contribution in [3.63, 3.8) is 0 Å². The molecule has 0 saturated carbocycles. The fourth-order valence-corrected chi connectivity index (χ4v) is 3.31. The zero-order chi connectivity index (χ0) is 21.1. The van der Waals surface area contributed by atoms with Crippen molar-refractivity contribution in [2.24, 2.45) is 0 Å². The molecule has 1 amide bonds. The number of aromatic nitrogens is 2. The number of hydrogen-bond acceptors (Lipinski definition) is 3. The van der Waals surface area contributed by atoms with Crippen molar-refractivity contribution in [3.05, 3.63) is 75.9 Å². The van der Waals surface area contributed by atoms with Gasteiger partial charge in [-0.3, -0.25) is 14.7 Å². The van der Waals surface area contributed by atoms with Crippen molar-refractivity contribution in [1.82, 2.24) is 15.5 Å². The van der Waals surface area contributed by atoms with Crippen LogP contribution in [0.3, 0.4) is 0 Å². The molecule has 0 bridgehead atoms. The first-order valence-corrected chi connectivity index (χ1v) is 9.19. The number of Topliss-reactive ketones (excluding diaryl/α,β-unsaturated/α-hetero) is 1. The fraction of sp³-hybridized carbons (Fsp3) is 0.190. The minimum atomic E-state index is -0.683. The topological polar surface area (TPSA) is 74.8 Å². The van der Waals surface area contributed by atoms with Gasteiger partial charge in [0.25, 0.3) is 5.91 Å². The summed E-state index contributed by atoms with van der Waals surface area (Å²) >= 11 is 6.03. The third-order valence-electron chi connectivity index (χ3n) is 4.53. The lowest BCUT2D eigenvalue weighted by Gasteiger charge is -2.18. The molecule has 0 saturated heterocycles. The summed E-state index contributed by atoms with van der Waals surface area (Å²) in [6.45, 7) is 2.83. The monoisotopic (exact) mass is 417 g/mol. The number of nitrogens with one attached hydrogen (secondary N) is 2. The van der Waals surface area contributed by atoms with Crippen LogP contribution in [0.5, 0.6) is 0 Å². The third kappa shape index (κ3) is 4.51. The average molecular weight is 418 g/mol. The molecule has 150 valence electrons. The van der Waals surface area contributed by atoms with E-state index in [-0.39, 0.29) is 34.6 Å². The van der Waals surface area contributed by atoms with Crippen LogP contribution in [0.15, 0.2) is 42.6 Å². The standard InChI is InChI=1S/C21H18ClF2N3O2/c1-11(28)8-18(13-4-3-5-14(22)9-13)26-21(29)15-10-25-27-20(15)19-12(2)16(23)6-7-17(19)24/h3-7,9-10,18H,8H2,1-2H3,(H,25,27)(H,26,29)/t18-/m0/s1. The Morgan fingerprint density at radius 2 is 1.93 bits per heavy atom. The number of ketones is 1. The van der Waals surface area contributed by atoms with Gasteiger partial charge >= 0.3 is 0 Å². The Balaban J connectivity index is 1.96. The summed E-state index contributed by atoms with van der Waals surface area (Å²) in [5, 5.41) is 9.62. The van der Waals surface area contributed by atoms with E-state index < -0.39 is 23.6 Å².